The molecule has 8 heteroatoms. The lowest BCUT2D eigenvalue weighted by atomic mass is 9.75. The van der Waals surface area contributed by atoms with Crippen LogP contribution in [0.1, 0.15) is 24.0 Å². The third kappa shape index (κ3) is 4.28. The van der Waals surface area contributed by atoms with Crippen LogP contribution < -0.4 is 10.1 Å². The molecule has 0 saturated carbocycles. The van der Waals surface area contributed by atoms with Crippen LogP contribution in [0.15, 0.2) is 36.4 Å². The third-order valence-electron chi connectivity index (χ3n) is 5.94. The van der Waals surface area contributed by atoms with E-state index in [4.69, 9.17) is 21.6 Å². The predicted octanol–water partition coefficient (Wildman–Crippen LogP) is 3.90. The summed E-state index contributed by atoms with van der Waals surface area (Å²) in [4.78, 5) is 14.7. The molecule has 0 bridgehead atoms. The van der Waals surface area contributed by atoms with E-state index in [9.17, 15) is 14.4 Å². The topological polar surface area (TPSA) is 89.2 Å². The Morgan fingerprint density at radius 3 is 2.61 bits per heavy atom. The smallest absolute Gasteiger partial charge is 0.265 e. The minimum absolute atomic E-state index is 0.153. The van der Waals surface area contributed by atoms with E-state index in [1.54, 1.807) is 23.1 Å². The van der Waals surface area contributed by atoms with E-state index in [0.717, 1.165) is 5.56 Å². The van der Waals surface area contributed by atoms with Gasteiger partial charge >= 0.3 is 0 Å². The van der Waals surface area contributed by atoms with Crippen molar-refractivity contribution in [2.45, 2.75) is 25.4 Å². The summed E-state index contributed by atoms with van der Waals surface area (Å²) in [5.74, 6) is -0.0350. The van der Waals surface area contributed by atoms with Crippen LogP contribution in [-0.2, 0) is 11.2 Å². The zero-order valence-corrected chi connectivity index (χ0v) is 17.5. The molecule has 2 aliphatic heterocycles. The summed E-state index contributed by atoms with van der Waals surface area (Å²) in [5.41, 5.74) is 1.26. The second-order valence-electron chi connectivity index (χ2n) is 7.95. The Morgan fingerprint density at radius 1 is 1.26 bits per heavy atom. The van der Waals surface area contributed by atoms with Crippen molar-refractivity contribution in [1.82, 2.24) is 4.90 Å². The van der Waals surface area contributed by atoms with Gasteiger partial charge in [-0.25, -0.2) is 4.39 Å². The standard InChI is InChI=1S/C23H20ClFN4O2/c24-18-10-19-20(9-16(18)12-26)31-21(13-28-19)22(30)29-7-5-23(14-27,6-8-29)11-15-1-3-17(25)4-2-15/h1-4,9-10,21,28H,5-8,11,13H2. The molecule has 1 amide bonds. The van der Waals surface area contributed by atoms with Crippen LogP contribution in [0.4, 0.5) is 10.1 Å². The van der Waals surface area contributed by atoms with Gasteiger partial charge in [-0.2, -0.15) is 10.5 Å². The Kier molecular flexibility index (Phi) is 5.71. The number of nitrogens with zero attached hydrogens (tertiary/aromatic N) is 3. The molecule has 0 aliphatic carbocycles. The Hall–Kier alpha value is -3.29. The molecule has 1 fully saturated rings. The SMILES string of the molecule is N#Cc1cc2c(cc1Cl)NCC(C(=O)N1CCC(C#N)(Cc3ccc(F)cc3)CC1)O2. The van der Waals surface area contributed by atoms with E-state index in [-0.39, 0.29) is 17.3 Å². The van der Waals surface area contributed by atoms with Gasteiger partial charge in [0.25, 0.3) is 5.91 Å². The summed E-state index contributed by atoms with van der Waals surface area (Å²) in [6.45, 7) is 1.19. The van der Waals surface area contributed by atoms with Crippen molar-refractivity contribution in [3.05, 3.63) is 58.4 Å². The molecule has 1 N–H and O–H groups in total. The highest BCUT2D eigenvalue weighted by Crippen LogP contribution is 2.37. The number of likely N-dealkylation sites (tertiary alicyclic amines) is 1. The predicted molar refractivity (Wildman–Crippen MR) is 113 cm³/mol. The van der Waals surface area contributed by atoms with E-state index in [2.05, 4.69) is 11.4 Å². The van der Waals surface area contributed by atoms with Crippen molar-refractivity contribution in [3.8, 4) is 17.9 Å². The highest BCUT2D eigenvalue weighted by atomic mass is 35.5. The number of hydrogen-bond donors (Lipinski definition) is 1. The Labute approximate surface area is 184 Å². The van der Waals surface area contributed by atoms with Crippen LogP contribution in [0.5, 0.6) is 5.75 Å². The number of anilines is 1. The molecule has 4 rings (SSSR count). The first-order chi connectivity index (χ1) is 14.9. The van der Waals surface area contributed by atoms with Crippen LogP contribution in [0.3, 0.4) is 0 Å². The molecule has 0 aromatic heterocycles. The van der Waals surface area contributed by atoms with Gasteiger partial charge in [0, 0.05) is 19.2 Å². The average Bonchev–Trinajstić information content (AvgIpc) is 2.80. The maximum atomic E-state index is 13.2. The number of ether oxygens (including phenoxy) is 1. The van der Waals surface area contributed by atoms with Crippen LogP contribution in [0.2, 0.25) is 5.02 Å². The molecule has 2 aromatic rings. The Balaban J connectivity index is 1.41. The maximum absolute atomic E-state index is 13.2. The van der Waals surface area contributed by atoms with Crippen molar-refractivity contribution < 1.29 is 13.9 Å². The molecule has 2 aliphatic rings. The number of rotatable bonds is 3. The molecule has 1 unspecified atom stereocenters. The molecular formula is C23H20ClFN4O2. The lowest BCUT2D eigenvalue weighted by Gasteiger charge is -2.39. The van der Waals surface area contributed by atoms with Gasteiger partial charge in [-0.3, -0.25) is 4.79 Å². The molecule has 0 radical (unpaired) electrons. The van der Waals surface area contributed by atoms with Gasteiger partial charge in [-0.05, 0) is 43.0 Å². The fourth-order valence-corrected chi connectivity index (χ4v) is 4.30. The molecule has 6 nitrogen and oxygen atoms in total. The van der Waals surface area contributed by atoms with Gasteiger partial charge in [-0.15, -0.1) is 0 Å². The van der Waals surface area contributed by atoms with E-state index in [1.807, 2.05) is 6.07 Å². The second-order valence-corrected chi connectivity index (χ2v) is 8.36. The molecule has 2 aromatic carbocycles. The molecule has 158 valence electrons. The summed E-state index contributed by atoms with van der Waals surface area (Å²) in [6.07, 6.45) is 0.889. The van der Waals surface area contributed by atoms with Crippen LogP contribution in [0, 0.1) is 33.9 Å². The highest BCUT2D eigenvalue weighted by Gasteiger charge is 2.39. The summed E-state index contributed by atoms with van der Waals surface area (Å²) in [5, 5.41) is 22.4. The number of benzene rings is 2. The number of piperidine rings is 1. The van der Waals surface area contributed by atoms with Crippen molar-refractivity contribution >= 4 is 23.2 Å². The number of nitrogens with one attached hydrogen (secondary N) is 1. The van der Waals surface area contributed by atoms with Gasteiger partial charge in [0.1, 0.15) is 17.6 Å². The summed E-state index contributed by atoms with van der Waals surface area (Å²) in [6, 6.07) is 13.8. The molecule has 31 heavy (non-hydrogen) atoms. The van der Waals surface area contributed by atoms with Gasteiger partial charge in [0.2, 0.25) is 0 Å². The van der Waals surface area contributed by atoms with Gasteiger partial charge in [0.05, 0.1) is 34.3 Å². The first-order valence-corrected chi connectivity index (χ1v) is 10.4. The van der Waals surface area contributed by atoms with Gasteiger partial charge in [0.15, 0.2) is 6.10 Å². The number of amides is 1. The number of hydrogen-bond acceptors (Lipinski definition) is 5. The summed E-state index contributed by atoms with van der Waals surface area (Å²) in [7, 11) is 0. The average molecular weight is 439 g/mol. The number of fused-ring (bicyclic) bond motifs is 1. The molecular weight excluding hydrogens is 419 g/mol. The normalized spacial score (nSPS) is 19.2. The molecule has 1 atom stereocenters. The van der Waals surface area contributed by atoms with Gasteiger partial charge < -0.3 is 15.0 Å². The minimum atomic E-state index is -0.716. The van der Waals surface area contributed by atoms with Crippen LogP contribution >= 0.6 is 11.6 Å². The first-order valence-electron chi connectivity index (χ1n) is 10.0. The van der Waals surface area contributed by atoms with Crippen LogP contribution in [-0.4, -0.2) is 36.5 Å². The van der Waals surface area contributed by atoms with Crippen molar-refractivity contribution in [1.29, 1.82) is 10.5 Å². The van der Waals surface area contributed by atoms with E-state index >= 15 is 0 Å². The monoisotopic (exact) mass is 438 g/mol. The first kappa shape index (κ1) is 21.0. The number of carbonyl (C=O) groups excluding carboxylic acids is 1. The minimum Gasteiger partial charge on any atom is -0.476 e. The number of nitriles is 2. The quantitative estimate of drug-likeness (QED) is 0.785. The molecule has 1 saturated heterocycles. The lowest BCUT2D eigenvalue weighted by molar-refractivity contribution is -0.140. The van der Waals surface area contributed by atoms with E-state index in [0.29, 0.717) is 55.4 Å². The largest absolute Gasteiger partial charge is 0.476 e. The maximum Gasteiger partial charge on any atom is 0.265 e. The van der Waals surface area contributed by atoms with Crippen molar-refractivity contribution in [2.75, 3.05) is 25.0 Å². The zero-order valence-electron chi connectivity index (χ0n) is 16.7. The Bertz CT molecular complexity index is 1080. The molecule has 2 heterocycles. The summed E-state index contributed by atoms with van der Waals surface area (Å²) < 4.78 is 19.0. The van der Waals surface area contributed by atoms with Crippen LogP contribution in [0.25, 0.3) is 0 Å². The van der Waals surface area contributed by atoms with Crippen molar-refractivity contribution in [3.63, 3.8) is 0 Å². The number of halogens is 2. The third-order valence-corrected chi connectivity index (χ3v) is 6.25. The van der Waals surface area contributed by atoms with E-state index in [1.165, 1.54) is 18.2 Å². The fourth-order valence-electron chi connectivity index (χ4n) is 4.09. The van der Waals surface area contributed by atoms with Crippen molar-refractivity contribution in [2.24, 2.45) is 5.41 Å². The Morgan fingerprint density at radius 2 is 1.97 bits per heavy atom. The summed E-state index contributed by atoms with van der Waals surface area (Å²) >= 11 is 6.05. The van der Waals surface area contributed by atoms with Gasteiger partial charge in [-0.1, -0.05) is 23.7 Å². The fraction of sp³-hybridized carbons (Fsp3) is 0.348. The zero-order chi connectivity index (χ0) is 22.0. The molecule has 0 spiro atoms. The van der Waals surface area contributed by atoms with E-state index < -0.39 is 11.5 Å². The second kappa shape index (κ2) is 8.45. The lowest BCUT2D eigenvalue weighted by Crippen LogP contribution is -2.51. The highest BCUT2D eigenvalue weighted by molar-refractivity contribution is 6.32. The number of carbonyl (C=O) groups is 1.